The number of rotatable bonds is 5. The zero-order chi connectivity index (χ0) is 19.3. The highest BCUT2D eigenvalue weighted by atomic mass is 32.2. The molecule has 1 aliphatic rings. The van der Waals surface area contributed by atoms with Crippen LogP contribution in [0.25, 0.3) is 17.2 Å². The lowest BCUT2D eigenvalue weighted by Crippen LogP contribution is -2.17. The molecule has 28 heavy (non-hydrogen) atoms. The standard InChI is InChI=1S/C23H17NO3S/c25-22-21(28-23(26)24-22)14-16-8-12-20(13-9-16)27-15-17-6-10-19(11-7-17)18-4-2-1-3-5-18/h1-14H,15H2,(H,24,25,26)/b21-14+. The Morgan fingerprint density at radius 2 is 1.50 bits per heavy atom. The zero-order valence-electron chi connectivity index (χ0n) is 14.9. The van der Waals surface area contributed by atoms with Crippen LogP contribution in [-0.2, 0) is 11.4 Å². The van der Waals surface area contributed by atoms with E-state index in [1.165, 1.54) is 11.1 Å². The molecule has 0 spiro atoms. The molecule has 1 saturated heterocycles. The van der Waals surface area contributed by atoms with E-state index in [0.717, 1.165) is 28.6 Å². The maximum atomic E-state index is 11.6. The van der Waals surface area contributed by atoms with Gasteiger partial charge in [0.25, 0.3) is 11.1 Å². The average molecular weight is 387 g/mol. The van der Waals surface area contributed by atoms with Gasteiger partial charge in [-0.3, -0.25) is 14.9 Å². The Morgan fingerprint density at radius 3 is 2.14 bits per heavy atom. The first kappa shape index (κ1) is 18.1. The molecule has 138 valence electrons. The largest absolute Gasteiger partial charge is 0.489 e. The molecule has 4 rings (SSSR count). The van der Waals surface area contributed by atoms with Crippen LogP contribution in [0.4, 0.5) is 4.79 Å². The summed E-state index contributed by atoms with van der Waals surface area (Å²) in [6, 6.07) is 26.0. The number of imide groups is 1. The van der Waals surface area contributed by atoms with Gasteiger partial charge in [0.1, 0.15) is 12.4 Å². The highest BCUT2D eigenvalue weighted by Crippen LogP contribution is 2.26. The number of benzene rings is 3. The van der Waals surface area contributed by atoms with E-state index in [1.807, 2.05) is 42.5 Å². The van der Waals surface area contributed by atoms with E-state index in [1.54, 1.807) is 6.08 Å². The summed E-state index contributed by atoms with van der Waals surface area (Å²) < 4.78 is 5.84. The van der Waals surface area contributed by atoms with Gasteiger partial charge in [0.15, 0.2) is 0 Å². The molecule has 0 aliphatic carbocycles. The third-order valence-corrected chi connectivity index (χ3v) is 5.10. The summed E-state index contributed by atoms with van der Waals surface area (Å²) in [5.41, 5.74) is 4.29. The highest BCUT2D eigenvalue weighted by molar-refractivity contribution is 8.18. The molecule has 0 atom stereocenters. The number of carbonyl (C=O) groups excluding carboxylic acids is 2. The van der Waals surface area contributed by atoms with E-state index in [9.17, 15) is 9.59 Å². The molecule has 5 heteroatoms. The number of hydrogen-bond acceptors (Lipinski definition) is 4. The Hall–Kier alpha value is -3.31. The summed E-state index contributed by atoms with van der Waals surface area (Å²) in [6.45, 7) is 0.474. The van der Waals surface area contributed by atoms with Gasteiger partial charge in [0.05, 0.1) is 4.91 Å². The summed E-state index contributed by atoms with van der Waals surface area (Å²) in [4.78, 5) is 23.2. The topological polar surface area (TPSA) is 55.4 Å². The second-order valence-electron chi connectivity index (χ2n) is 6.27. The summed E-state index contributed by atoms with van der Waals surface area (Å²) >= 11 is 0.910. The smallest absolute Gasteiger partial charge is 0.290 e. The van der Waals surface area contributed by atoms with Crippen LogP contribution < -0.4 is 10.1 Å². The minimum atomic E-state index is -0.353. The van der Waals surface area contributed by atoms with Crippen molar-refractivity contribution in [2.45, 2.75) is 6.61 Å². The fraction of sp³-hybridized carbons (Fsp3) is 0.0435. The Kier molecular flexibility index (Phi) is 5.26. The van der Waals surface area contributed by atoms with Crippen molar-refractivity contribution in [3.05, 3.63) is 94.9 Å². The number of ether oxygens (including phenoxy) is 1. The van der Waals surface area contributed by atoms with Gasteiger partial charge in [-0.2, -0.15) is 0 Å². The van der Waals surface area contributed by atoms with Crippen LogP contribution >= 0.6 is 11.8 Å². The molecule has 0 saturated carbocycles. The van der Waals surface area contributed by atoms with E-state index in [0.29, 0.717) is 11.5 Å². The molecular formula is C23H17NO3S. The Balaban J connectivity index is 1.37. The summed E-state index contributed by atoms with van der Waals surface area (Å²) in [6.07, 6.45) is 1.69. The van der Waals surface area contributed by atoms with E-state index >= 15 is 0 Å². The maximum Gasteiger partial charge on any atom is 0.290 e. The Labute approximate surface area is 167 Å². The number of carbonyl (C=O) groups is 2. The second kappa shape index (κ2) is 8.15. The predicted molar refractivity (Wildman–Crippen MR) is 112 cm³/mol. The number of thioether (sulfide) groups is 1. The highest BCUT2D eigenvalue weighted by Gasteiger charge is 2.24. The minimum absolute atomic E-state index is 0.338. The maximum absolute atomic E-state index is 11.6. The first-order valence-corrected chi connectivity index (χ1v) is 9.61. The van der Waals surface area contributed by atoms with Crippen LogP contribution in [0.2, 0.25) is 0 Å². The number of hydrogen-bond donors (Lipinski definition) is 1. The SMILES string of the molecule is O=C1NC(=O)/C(=C\c2ccc(OCc3ccc(-c4ccccc4)cc3)cc2)S1. The molecule has 0 bridgehead atoms. The molecule has 1 aliphatic heterocycles. The van der Waals surface area contributed by atoms with Crippen molar-refractivity contribution in [1.29, 1.82) is 0 Å². The van der Waals surface area contributed by atoms with Crippen LogP contribution in [0.5, 0.6) is 5.75 Å². The molecule has 1 heterocycles. The monoisotopic (exact) mass is 387 g/mol. The van der Waals surface area contributed by atoms with Crippen LogP contribution in [0, 0.1) is 0 Å². The first-order chi connectivity index (χ1) is 13.7. The molecule has 4 nitrogen and oxygen atoms in total. The van der Waals surface area contributed by atoms with Crippen molar-refractivity contribution in [2.24, 2.45) is 0 Å². The van der Waals surface area contributed by atoms with E-state index in [2.05, 4.69) is 41.7 Å². The Bertz CT molecular complexity index is 1030. The lowest BCUT2D eigenvalue weighted by Gasteiger charge is -2.08. The van der Waals surface area contributed by atoms with Crippen molar-refractivity contribution >= 4 is 29.0 Å². The molecule has 1 fully saturated rings. The Morgan fingerprint density at radius 1 is 0.821 bits per heavy atom. The average Bonchev–Trinajstić information content (AvgIpc) is 3.05. The van der Waals surface area contributed by atoms with Crippen molar-refractivity contribution < 1.29 is 14.3 Å². The van der Waals surface area contributed by atoms with Crippen LogP contribution in [0.15, 0.2) is 83.8 Å². The molecule has 1 N–H and O–H groups in total. The third-order valence-electron chi connectivity index (χ3n) is 4.29. The van der Waals surface area contributed by atoms with Gasteiger partial charge in [0, 0.05) is 0 Å². The quantitative estimate of drug-likeness (QED) is 0.607. The normalized spacial score (nSPS) is 14.9. The molecule has 3 aromatic rings. The van der Waals surface area contributed by atoms with Gasteiger partial charge < -0.3 is 4.74 Å². The molecule has 0 unspecified atom stereocenters. The molecule has 0 radical (unpaired) electrons. The van der Waals surface area contributed by atoms with Gasteiger partial charge in [-0.15, -0.1) is 0 Å². The van der Waals surface area contributed by atoms with Gasteiger partial charge in [-0.05, 0) is 52.2 Å². The van der Waals surface area contributed by atoms with Crippen LogP contribution in [-0.4, -0.2) is 11.1 Å². The molecule has 0 aromatic heterocycles. The van der Waals surface area contributed by atoms with Crippen molar-refractivity contribution in [2.75, 3.05) is 0 Å². The lowest BCUT2D eigenvalue weighted by atomic mass is 10.0. The summed E-state index contributed by atoms with van der Waals surface area (Å²) in [7, 11) is 0. The second-order valence-corrected chi connectivity index (χ2v) is 7.29. The summed E-state index contributed by atoms with van der Waals surface area (Å²) in [5.74, 6) is 0.392. The minimum Gasteiger partial charge on any atom is -0.489 e. The lowest BCUT2D eigenvalue weighted by molar-refractivity contribution is -0.115. The van der Waals surface area contributed by atoms with E-state index in [4.69, 9.17) is 4.74 Å². The number of nitrogens with one attached hydrogen (secondary N) is 1. The first-order valence-electron chi connectivity index (χ1n) is 8.79. The predicted octanol–water partition coefficient (Wildman–Crippen LogP) is 5.26. The van der Waals surface area contributed by atoms with Gasteiger partial charge in [-0.25, -0.2) is 0 Å². The zero-order valence-corrected chi connectivity index (χ0v) is 15.7. The summed E-state index contributed by atoms with van der Waals surface area (Å²) in [5, 5.41) is 1.90. The third kappa shape index (κ3) is 4.32. The van der Waals surface area contributed by atoms with Gasteiger partial charge in [-0.1, -0.05) is 66.7 Å². The number of amides is 2. The van der Waals surface area contributed by atoms with Gasteiger partial charge in [0.2, 0.25) is 0 Å². The van der Waals surface area contributed by atoms with E-state index < -0.39 is 0 Å². The molecular weight excluding hydrogens is 370 g/mol. The van der Waals surface area contributed by atoms with Gasteiger partial charge >= 0.3 is 0 Å². The van der Waals surface area contributed by atoms with Crippen LogP contribution in [0.1, 0.15) is 11.1 Å². The van der Waals surface area contributed by atoms with Crippen molar-refractivity contribution in [3.8, 4) is 16.9 Å². The fourth-order valence-electron chi connectivity index (χ4n) is 2.82. The fourth-order valence-corrected chi connectivity index (χ4v) is 3.51. The van der Waals surface area contributed by atoms with E-state index in [-0.39, 0.29) is 11.1 Å². The molecule has 2 amide bonds. The van der Waals surface area contributed by atoms with Crippen LogP contribution in [0.3, 0.4) is 0 Å². The molecule has 3 aromatic carbocycles. The van der Waals surface area contributed by atoms with Crippen molar-refractivity contribution in [1.82, 2.24) is 5.32 Å². The van der Waals surface area contributed by atoms with Crippen molar-refractivity contribution in [3.63, 3.8) is 0 Å².